The molecule has 3 N–H and O–H groups in total. The number of aromatic amines is 1. The number of para-hydroxylation sites is 1. The van der Waals surface area contributed by atoms with Gasteiger partial charge in [-0.1, -0.05) is 78.3 Å². The Labute approximate surface area is 242 Å². The Balaban J connectivity index is 1.31. The topological polar surface area (TPSA) is 113 Å². The number of rotatable bonds is 10. The van der Waals surface area contributed by atoms with Crippen molar-refractivity contribution in [2.24, 2.45) is 5.10 Å². The second-order valence-corrected chi connectivity index (χ2v) is 9.87. The fourth-order valence-electron chi connectivity index (χ4n) is 4.59. The Morgan fingerprint density at radius 2 is 1.83 bits per heavy atom. The van der Waals surface area contributed by atoms with Crippen molar-refractivity contribution in [2.45, 2.75) is 32.5 Å². The molecule has 9 nitrogen and oxygen atoms in total. The number of imidazole rings is 1. The molecule has 10 heteroatoms. The molecule has 5 aromatic rings. The van der Waals surface area contributed by atoms with Crippen LogP contribution in [0.25, 0.3) is 10.9 Å². The molecular formula is C31H29ClN6O3. The Morgan fingerprint density at radius 3 is 2.61 bits per heavy atom. The van der Waals surface area contributed by atoms with E-state index in [-0.39, 0.29) is 13.0 Å². The Hall–Kier alpha value is -4.89. The van der Waals surface area contributed by atoms with Gasteiger partial charge in [-0.05, 0) is 30.2 Å². The summed E-state index contributed by atoms with van der Waals surface area (Å²) in [4.78, 5) is 32.6. The number of hydrogen-bond donors (Lipinski definition) is 3. The SMILES string of the molecule is Cc1c(/C=N\NC(=O)[C@H](Cc2cnc[nH]2)NC(=O)OCc2ccccc2)c2ccccc2n1Cc1ccccc1Cl. The average Bonchev–Trinajstić information content (AvgIpc) is 3.60. The largest absolute Gasteiger partial charge is 0.445 e. The van der Waals surface area contributed by atoms with E-state index in [2.05, 4.69) is 30.4 Å². The fourth-order valence-corrected chi connectivity index (χ4v) is 4.79. The van der Waals surface area contributed by atoms with E-state index < -0.39 is 18.0 Å². The number of hydrazone groups is 1. The predicted octanol–water partition coefficient (Wildman–Crippen LogP) is 5.36. The highest BCUT2D eigenvalue weighted by molar-refractivity contribution is 6.31. The highest BCUT2D eigenvalue weighted by Crippen LogP contribution is 2.27. The summed E-state index contributed by atoms with van der Waals surface area (Å²) in [5.74, 6) is -0.495. The van der Waals surface area contributed by atoms with E-state index in [4.69, 9.17) is 16.3 Å². The Kier molecular flexibility index (Phi) is 8.76. The molecule has 2 amide bonds. The fraction of sp³-hybridized carbons (Fsp3) is 0.161. The average molecular weight is 569 g/mol. The van der Waals surface area contributed by atoms with Crippen molar-refractivity contribution < 1.29 is 14.3 Å². The number of amides is 2. The molecule has 0 aliphatic heterocycles. The number of carbonyl (C=O) groups excluding carboxylic acids is 2. The van der Waals surface area contributed by atoms with Gasteiger partial charge in [0.15, 0.2) is 0 Å². The normalized spacial score (nSPS) is 12.0. The van der Waals surface area contributed by atoms with E-state index >= 15 is 0 Å². The summed E-state index contributed by atoms with van der Waals surface area (Å²) >= 11 is 6.44. The third-order valence-corrected chi connectivity index (χ3v) is 7.10. The van der Waals surface area contributed by atoms with Crippen LogP contribution in [0.5, 0.6) is 0 Å². The van der Waals surface area contributed by atoms with Gasteiger partial charge >= 0.3 is 6.09 Å². The standard InChI is InChI=1S/C31H29ClN6O3/c1-21-26(25-12-6-8-14-29(25)38(21)18-23-11-5-7-13-27(23)32)17-35-37-30(39)28(15-24-16-33-20-34-24)36-31(40)41-19-22-9-3-2-4-10-22/h2-14,16-17,20,28H,15,18-19H2,1H3,(H,33,34)(H,36,40)(H,37,39)/b35-17-/t28-/m0/s1. The van der Waals surface area contributed by atoms with Crippen molar-refractivity contribution in [1.82, 2.24) is 25.3 Å². The molecule has 0 fully saturated rings. The van der Waals surface area contributed by atoms with Crippen molar-refractivity contribution in [3.63, 3.8) is 0 Å². The number of H-pyrrole nitrogens is 1. The summed E-state index contributed by atoms with van der Waals surface area (Å²) in [5, 5.41) is 8.59. The van der Waals surface area contributed by atoms with Crippen LogP contribution >= 0.6 is 11.6 Å². The van der Waals surface area contributed by atoms with E-state index in [0.717, 1.165) is 33.3 Å². The van der Waals surface area contributed by atoms with E-state index in [1.807, 2.05) is 85.8 Å². The summed E-state index contributed by atoms with van der Waals surface area (Å²) in [6, 6.07) is 24.1. The molecule has 0 unspecified atom stereocenters. The van der Waals surface area contributed by atoms with Gasteiger partial charge in [0.25, 0.3) is 5.91 Å². The summed E-state index contributed by atoms with van der Waals surface area (Å²) in [6.07, 6.45) is 4.20. The van der Waals surface area contributed by atoms with Crippen molar-refractivity contribution in [3.8, 4) is 0 Å². The van der Waals surface area contributed by atoms with Crippen LogP contribution in [0, 0.1) is 6.92 Å². The third-order valence-electron chi connectivity index (χ3n) is 6.73. The molecule has 0 aliphatic carbocycles. The van der Waals surface area contributed by atoms with Crippen molar-refractivity contribution in [1.29, 1.82) is 0 Å². The first-order valence-electron chi connectivity index (χ1n) is 13.1. The maximum absolute atomic E-state index is 13.2. The number of nitrogens with zero attached hydrogens (tertiary/aromatic N) is 3. The van der Waals surface area contributed by atoms with Crippen LogP contribution in [0.1, 0.15) is 28.1 Å². The molecule has 0 saturated carbocycles. The number of hydrogen-bond acceptors (Lipinski definition) is 5. The minimum atomic E-state index is -0.946. The molecular weight excluding hydrogens is 540 g/mol. The zero-order valence-corrected chi connectivity index (χ0v) is 23.1. The molecule has 2 heterocycles. The number of benzene rings is 3. The maximum Gasteiger partial charge on any atom is 0.408 e. The predicted molar refractivity (Wildman–Crippen MR) is 159 cm³/mol. The summed E-state index contributed by atoms with van der Waals surface area (Å²) in [5.41, 5.74) is 7.96. The van der Waals surface area contributed by atoms with E-state index in [1.54, 1.807) is 12.4 Å². The van der Waals surface area contributed by atoms with Crippen LogP contribution < -0.4 is 10.7 Å². The first-order chi connectivity index (χ1) is 20.0. The lowest BCUT2D eigenvalue weighted by molar-refractivity contribution is -0.123. The summed E-state index contributed by atoms with van der Waals surface area (Å²) in [6.45, 7) is 2.68. The van der Waals surface area contributed by atoms with Crippen LogP contribution in [-0.2, 0) is 29.1 Å². The van der Waals surface area contributed by atoms with Gasteiger partial charge in [-0.15, -0.1) is 0 Å². The first kappa shape index (κ1) is 27.7. The molecule has 0 spiro atoms. The van der Waals surface area contributed by atoms with Crippen LogP contribution in [0.4, 0.5) is 4.79 Å². The molecule has 0 bridgehead atoms. The molecule has 0 aliphatic rings. The number of fused-ring (bicyclic) bond motifs is 1. The molecule has 0 saturated heterocycles. The highest BCUT2D eigenvalue weighted by Gasteiger charge is 2.23. The quantitative estimate of drug-likeness (QED) is 0.155. The number of aromatic nitrogens is 3. The lowest BCUT2D eigenvalue weighted by Crippen LogP contribution is -2.47. The first-order valence-corrected chi connectivity index (χ1v) is 13.5. The van der Waals surface area contributed by atoms with Crippen LogP contribution in [0.2, 0.25) is 5.02 Å². The van der Waals surface area contributed by atoms with Gasteiger partial charge in [-0.3, -0.25) is 4.79 Å². The Morgan fingerprint density at radius 1 is 1.07 bits per heavy atom. The molecule has 0 radical (unpaired) electrons. The maximum atomic E-state index is 13.2. The third kappa shape index (κ3) is 6.82. The van der Waals surface area contributed by atoms with Gasteiger partial charge in [0.1, 0.15) is 12.6 Å². The van der Waals surface area contributed by atoms with E-state index in [1.165, 1.54) is 6.33 Å². The zero-order valence-electron chi connectivity index (χ0n) is 22.4. The van der Waals surface area contributed by atoms with E-state index in [9.17, 15) is 9.59 Å². The lowest BCUT2D eigenvalue weighted by atomic mass is 10.1. The van der Waals surface area contributed by atoms with Gasteiger partial charge in [-0.25, -0.2) is 15.2 Å². The van der Waals surface area contributed by atoms with Crippen LogP contribution in [0.15, 0.2) is 96.5 Å². The van der Waals surface area contributed by atoms with Gasteiger partial charge in [0.2, 0.25) is 0 Å². The van der Waals surface area contributed by atoms with Crippen molar-refractivity contribution in [3.05, 3.63) is 124 Å². The number of halogens is 1. The lowest BCUT2D eigenvalue weighted by Gasteiger charge is -2.16. The minimum Gasteiger partial charge on any atom is -0.445 e. The molecule has 3 aromatic carbocycles. The van der Waals surface area contributed by atoms with Gasteiger partial charge < -0.3 is 19.6 Å². The second kappa shape index (κ2) is 13.0. The summed E-state index contributed by atoms with van der Waals surface area (Å²) < 4.78 is 7.49. The Bertz CT molecular complexity index is 1660. The smallest absolute Gasteiger partial charge is 0.408 e. The van der Waals surface area contributed by atoms with Gasteiger partial charge in [0.05, 0.1) is 12.5 Å². The minimum absolute atomic E-state index is 0.0841. The second-order valence-electron chi connectivity index (χ2n) is 9.47. The van der Waals surface area contributed by atoms with Gasteiger partial charge in [0, 0.05) is 52.0 Å². The highest BCUT2D eigenvalue weighted by atomic mass is 35.5. The van der Waals surface area contributed by atoms with Crippen LogP contribution in [0.3, 0.4) is 0 Å². The number of alkyl carbamates (subject to hydrolysis) is 1. The monoisotopic (exact) mass is 568 g/mol. The van der Waals surface area contributed by atoms with Crippen molar-refractivity contribution >= 4 is 40.7 Å². The van der Waals surface area contributed by atoms with Crippen LogP contribution in [-0.4, -0.2) is 38.8 Å². The molecule has 41 heavy (non-hydrogen) atoms. The number of ether oxygens (including phenoxy) is 1. The number of nitrogens with one attached hydrogen (secondary N) is 3. The zero-order chi connectivity index (χ0) is 28.6. The molecule has 2 aromatic heterocycles. The molecule has 1 atom stereocenters. The molecule has 208 valence electrons. The summed E-state index contributed by atoms with van der Waals surface area (Å²) in [7, 11) is 0. The van der Waals surface area contributed by atoms with Crippen molar-refractivity contribution in [2.75, 3.05) is 0 Å². The molecule has 5 rings (SSSR count). The van der Waals surface area contributed by atoms with Gasteiger partial charge in [-0.2, -0.15) is 5.10 Å². The number of carbonyl (C=O) groups is 2. The van der Waals surface area contributed by atoms with E-state index in [0.29, 0.717) is 17.3 Å².